The number of benzene rings is 1. The summed E-state index contributed by atoms with van der Waals surface area (Å²) in [4.78, 5) is 11.2. The molecule has 0 aliphatic heterocycles. The minimum Gasteiger partial charge on any atom is -0.478 e. The molecule has 1 fully saturated rings. The van der Waals surface area contributed by atoms with Gasteiger partial charge in [0.1, 0.15) is 0 Å². The molecule has 1 aromatic rings. The summed E-state index contributed by atoms with van der Waals surface area (Å²) in [7, 11) is 0. The highest BCUT2D eigenvalue weighted by molar-refractivity contribution is 5.94. The Balaban J connectivity index is 2.02. The van der Waals surface area contributed by atoms with Gasteiger partial charge in [0.25, 0.3) is 0 Å². The number of rotatable bonds is 4. The molecule has 104 valence electrons. The summed E-state index contributed by atoms with van der Waals surface area (Å²) in [5, 5.41) is 22.0. The van der Waals surface area contributed by atoms with Gasteiger partial charge in [-0.15, -0.1) is 0 Å². The monoisotopic (exact) mass is 263 g/mol. The molecule has 0 radical (unpaired) electrons. The highest BCUT2D eigenvalue weighted by Gasteiger charge is 2.20. The average molecular weight is 263 g/mol. The van der Waals surface area contributed by atoms with Gasteiger partial charge in [-0.05, 0) is 49.8 Å². The van der Waals surface area contributed by atoms with Gasteiger partial charge in [0.15, 0.2) is 0 Å². The Morgan fingerprint density at radius 3 is 2.89 bits per heavy atom. The average Bonchev–Trinajstić information content (AvgIpc) is 2.36. The van der Waals surface area contributed by atoms with Crippen molar-refractivity contribution in [3.05, 3.63) is 29.3 Å². The van der Waals surface area contributed by atoms with Crippen LogP contribution in [0.25, 0.3) is 0 Å². The van der Waals surface area contributed by atoms with Crippen molar-refractivity contribution in [3.8, 4) is 0 Å². The molecule has 1 saturated carbocycles. The normalized spacial score (nSPS) is 23.1. The summed E-state index contributed by atoms with van der Waals surface area (Å²) in [5.74, 6) is -0.489. The number of aliphatic hydroxyl groups excluding tert-OH is 1. The van der Waals surface area contributed by atoms with E-state index in [1.165, 1.54) is 0 Å². The summed E-state index contributed by atoms with van der Waals surface area (Å²) < 4.78 is 0. The Hall–Kier alpha value is -1.55. The molecule has 0 bridgehead atoms. The molecule has 2 atom stereocenters. The maximum atomic E-state index is 11.2. The lowest BCUT2D eigenvalue weighted by Crippen LogP contribution is -2.25. The van der Waals surface area contributed by atoms with Crippen molar-refractivity contribution in [3.63, 3.8) is 0 Å². The van der Waals surface area contributed by atoms with E-state index in [0.29, 0.717) is 17.2 Å². The predicted molar refractivity (Wildman–Crippen MR) is 74.6 cm³/mol. The van der Waals surface area contributed by atoms with Gasteiger partial charge in [-0.1, -0.05) is 12.5 Å². The first-order chi connectivity index (χ1) is 9.06. The lowest BCUT2D eigenvalue weighted by Gasteiger charge is -2.26. The lowest BCUT2D eigenvalue weighted by molar-refractivity contribution is 0.0697. The van der Waals surface area contributed by atoms with Crippen LogP contribution in [0.3, 0.4) is 0 Å². The van der Waals surface area contributed by atoms with Gasteiger partial charge in [-0.3, -0.25) is 0 Å². The first-order valence-corrected chi connectivity index (χ1v) is 6.82. The van der Waals surface area contributed by atoms with Crippen LogP contribution in [0.2, 0.25) is 0 Å². The largest absolute Gasteiger partial charge is 0.478 e. The zero-order valence-corrected chi connectivity index (χ0v) is 11.2. The van der Waals surface area contributed by atoms with E-state index in [1.54, 1.807) is 12.1 Å². The van der Waals surface area contributed by atoms with Crippen molar-refractivity contribution in [1.29, 1.82) is 0 Å². The molecule has 1 aliphatic carbocycles. The molecule has 0 aromatic heterocycles. The second-order valence-corrected chi connectivity index (χ2v) is 5.42. The van der Waals surface area contributed by atoms with E-state index in [0.717, 1.165) is 37.8 Å². The van der Waals surface area contributed by atoms with Crippen LogP contribution in [0.4, 0.5) is 5.69 Å². The van der Waals surface area contributed by atoms with Gasteiger partial charge in [-0.2, -0.15) is 0 Å². The van der Waals surface area contributed by atoms with Crippen LogP contribution < -0.4 is 5.32 Å². The van der Waals surface area contributed by atoms with Crippen LogP contribution in [-0.4, -0.2) is 28.8 Å². The third kappa shape index (κ3) is 3.70. The number of nitrogens with one attached hydrogen (secondary N) is 1. The zero-order chi connectivity index (χ0) is 13.8. The van der Waals surface area contributed by atoms with Crippen LogP contribution >= 0.6 is 0 Å². The topological polar surface area (TPSA) is 69.6 Å². The van der Waals surface area contributed by atoms with E-state index in [1.807, 2.05) is 13.0 Å². The van der Waals surface area contributed by atoms with Crippen LogP contribution in [0.15, 0.2) is 18.2 Å². The lowest BCUT2D eigenvalue weighted by atomic mass is 9.87. The van der Waals surface area contributed by atoms with E-state index >= 15 is 0 Å². The van der Waals surface area contributed by atoms with E-state index < -0.39 is 5.97 Å². The van der Waals surface area contributed by atoms with Crippen LogP contribution in [0, 0.1) is 12.8 Å². The Labute approximate surface area is 113 Å². The molecule has 2 rings (SSSR count). The summed E-state index contributed by atoms with van der Waals surface area (Å²) in [6.45, 7) is 2.67. The SMILES string of the molecule is Cc1ccc(C(=O)O)c(NCC2CCCC(O)C2)c1. The molecule has 4 heteroatoms. The molecule has 1 aliphatic rings. The molecule has 0 amide bonds. The Bertz CT molecular complexity index is 459. The fourth-order valence-corrected chi connectivity index (χ4v) is 2.69. The molecule has 0 heterocycles. The Morgan fingerprint density at radius 1 is 1.42 bits per heavy atom. The van der Waals surface area contributed by atoms with E-state index in [9.17, 15) is 9.90 Å². The number of carboxylic acid groups (broad SMARTS) is 1. The molecule has 3 N–H and O–H groups in total. The van der Waals surface area contributed by atoms with E-state index in [2.05, 4.69) is 5.32 Å². The third-order valence-electron chi connectivity index (χ3n) is 3.74. The number of carbonyl (C=O) groups is 1. The van der Waals surface area contributed by atoms with Gasteiger partial charge in [0.05, 0.1) is 11.7 Å². The summed E-state index contributed by atoms with van der Waals surface area (Å²) >= 11 is 0. The maximum absolute atomic E-state index is 11.2. The number of anilines is 1. The van der Waals surface area contributed by atoms with E-state index in [-0.39, 0.29) is 6.10 Å². The molecular formula is C15H21NO3. The Morgan fingerprint density at radius 2 is 2.21 bits per heavy atom. The third-order valence-corrected chi connectivity index (χ3v) is 3.74. The van der Waals surface area contributed by atoms with Gasteiger partial charge in [-0.25, -0.2) is 4.79 Å². The highest BCUT2D eigenvalue weighted by atomic mass is 16.4. The fourth-order valence-electron chi connectivity index (χ4n) is 2.69. The minimum atomic E-state index is -0.911. The minimum absolute atomic E-state index is 0.197. The summed E-state index contributed by atoms with van der Waals surface area (Å²) in [6, 6.07) is 5.30. The number of aliphatic hydroxyl groups is 1. The van der Waals surface area contributed by atoms with Gasteiger partial charge in [0, 0.05) is 12.2 Å². The number of aryl methyl sites for hydroxylation is 1. The fraction of sp³-hybridized carbons (Fsp3) is 0.533. The van der Waals surface area contributed by atoms with Gasteiger partial charge in [0.2, 0.25) is 0 Å². The first kappa shape index (κ1) is 13.9. The number of hydrogen-bond acceptors (Lipinski definition) is 3. The van der Waals surface area contributed by atoms with Crippen molar-refractivity contribution in [2.24, 2.45) is 5.92 Å². The van der Waals surface area contributed by atoms with Gasteiger partial charge < -0.3 is 15.5 Å². The molecule has 19 heavy (non-hydrogen) atoms. The van der Waals surface area contributed by atoms with Crippen molar-refractivity contribution < 1.29 is 15.0 Å². The van der Waals surface area contributed by atoms with Crippen molar-refractivity contribution in [2.45, 2.75) is 38.7 Å². The summed E-state index contributed by atoms with van der Waals surface area (Å²) in [5.41, 5.74) is 2.02. The van der Waals surface area contributed by atoms with E-state index in [4.69, 9.17) is 5.11 Å². The first-order valence-electron chi connectivity index (χ1n) is 6.82. The molecule has 0 spiro atoms. The smallest absolute Gasteiger partial charge is 0.337 e. The molecule has 0 saturated heterocycles. The molecule has 4 nitrogen and oxygen atoms in total. The van der Waals surface area contributed by atoms with Crippen LogP contribution in [0.5, 0.6) is 0 Å². The van der Waals surface area contributed by atoms with Crippen LogP contribution in [-0.2, 0) is 0 Å². The van der Waals surface area contributed by atoms with Crippen LogP contribution in [0.1, 0.15) is 41.6 Å². The quantitative estimate of drug-likeness (QED) is 0.781. The standard InChI is InChI=1S/C15H21NO3/c1-10-5-6-13(15(18)19)14(7-10)16-9-11-3-2-4-12(17)8-11/h5-7,11-12,16-17H,2-4,8-9H2,1H3,(H,18,19). The second kappa shape index (κ2) is 6.06. The molecule has 1 aromatic carbocycles. The van der Waals surface area contributed by atoms with Crippen molar-refractivity contribution >= 4 is 11.7 Å². The second-order valence-electron chi connectivity index (χ2n) is 5.42. The van der Waals surface area contributed by atoms with Crippen molar-refractivity contribution in [1.82, 2.24) is 0 Å². The zero-order valence-electron chi connectivity index (χ0n) is 11.2. The number of carboxylic acids is 1. The molecular weight excluding hydrogens is 242 g/mol. The number of aromatic carboxylic acids is 1. The highest BCUT2D eigenvalue weighted by Crippen LogP contribution is 2.25. The Kier molecular flexibility index (Phi) is 4.43. The number of hydrogen-bond donors (Lipinski definition) is 3. The van der Waals surface area contributed by atoms with Crippen molar-refractivity contribution in [2.75, 3.05) is 11.9 Å². The summed E-state index contributed by atoms with van der Waals surface area (Å²) in [6.07, 6.45) is 3.64. The maximum Gasteiger partial charge on any atom is 0.337 e. The molecule has 2 unspecified atom stereocenters. The predicted octanol–water partition coefficient (Wildman–Crippen LogP) is 2.66. The van der Waals surface area contributed by atoms with Gasteiger partial charge >= 0.3 is 5.97 Å².